The fourth-order valence-electron chi connectivity index (χ4n) is 5.96. The number of alkyl halides is 3. The van der Waals surface area contributed by atoms with Gasteiger partial charge in [0, 0.05) is 24.5 Å². The molecule has 3 heterocycles. The fraction of sp³-hybridized carbons (Fsp3) is 0.500. The number of nitrogens with one attached hydrogen (secondary N) is 2. The number of para-hydroxylation sites is 1. The van der Waals surface area contributed by atoms with Gasteiger partial charge in [-0.3, -0.25) is 9.59 Å². The van der Waals surface area contributed by atoms with E-state index in [9.17, 15) is 22.8 Å². The van der Waals surface area contributed by atoms with Crippen molar-refractivity contribution < 1.29 is 22.8 Å². The van der Waals surface area contributed by atoms with Crippen molar-refractivity contribution in [3.05, 3.63) is 58.4 Å². The molecule has 5 rings (SSSR count). The van der Waals surface area contributed by atoms with Crippen molar-refractivity contribution in [3.63, 3.8) is 0 Å². The summed E-state index contributed by atoms with van der Waals surface area (Å²) in [5.74, 6) is -0.392. The van der Waals surface area contributed by atoms with E-state index < -0.39 is 28.8 Å². The first kappa shape index (κ1) is 25.0. The molecule has 2 fully saturated rings. The van der Waals surface area contributed by atoms with E-state index in [-0.39, 0.29) is 22.9 Å². The number of hydrogen-bond donors (Lipinski definition) is 2. The number of carbonyl (C=O) groups excluding carboxylic acids is 2. The third-order valence-electron chi connectivity index (χ3n) is 7.81. The van der Waals surface area contributed by atoms with Gasteiger partial charge in [-0.15, -0.1) is 0 Å². The number of nitrogens with zero attached hydrogens (tertiary/aromatic N) is 2. The van der Waals surface area contributed by atoms with Gasteiger partial charge < -0.3 is 15.5 Å². The second kappa shape index (κ2) is 9.67. The van der Waals surface area contributed by atoms with Crippen LogP contribution in [0.2, 0.25) is 5.02 Å². The molecule has 2 amide bonds. The summed E-state index contributed by atoms with van der Waals surface area (Å²) in [4.78, 5) is 31.6. The summed E-state index contributed by atoms with van der Waals surface area (Å²) < 4.78 is 39.9. The van der Waals surface area contributed by atoms with Gasteiger partial charge in [0.15, 0.2) is 5.69 Å². The minimum Gasteiger partial charge on any atom is -0.349 e. The molecular weight excluding hydrogens is 493 g/mol. The number of hydrogen-bond acceptors (Lipinski definition) is 4. The highest BCUT2D eigenvalue weighted by Gasteiger charge is 2.51. The summed E-state index contributed by atoms with van der Waals surface area (Å²) in [6.45, 7) is 2.25. The zero-order chi connectivity index (χ0) is 25.5. The van der Waals surface area contributed by atoms with Crippen LogP contribution in [-0.4, -0.2) is 42.5 Å². The number of anilines is 1. The highest BCUT2D eigenvalue weighted by atomic mass is 35.5. The zero-order valence-electron chi connectivity index (χ0n) is 19.7. The van der Waals surface area contributed by atoms with E-state index in [2.05, 4.69) is 21.7 Å². The van der Waals surface area contributed by atoms with Crippen molar-refractivity contribution in [2.24, 2.45) is 5.92 Å². The zero-order valence-corrected chi connectivity index (χ0v) is 20.5. The highest BCUT2D eigenvalue weighted by molar-refractivity contribution is 6.30. The average Bonchev–Trinajstić information content (AvgIpc) is 3.07. The molecule has 1 aromatic heterocycles. The maximum absolute atomic E-state index is 13.7. The monoisotopic (exact) mass is 520 g/mol. The van der Waals surface area contributed by atoms with Gasteiger partial charge in [0.25, 0.3) is 5.91 Å². The molecule has 2 aliphatic heterocycles. The SMILES string of the molecule is O=C(N[C@H]1CC[C@H](CN2C(=O)C3(CCNCC3)c3ccccc32)CC1)c1cc(Cl)cnc1C(F)(F)F. The second-order valence-corrected chi connectivity index (χ2v) is 10.4. The van der Waals surface area contributed by atoms with Crippen LogP contribution in [0.5, 0.6) is 0 Å². The molecule has 1 saturated heterocycles. The largest absolute Gasteiger partial charge is 0.434 e. The van der Waals surface area contributed by atoms with Gasteiger partial charge in [-0.1, -0.05) is 29.8 Å². The van der Waals surface area contributed by atoms with Crippen LogP contribution in [0, 0.1) is 5.92 Å². The third kappa shape index (κ3) is 4.59. The molecule has 1 saturated carbocycles. The second-order valence-electron chi connectivity index (χ2n) is 10.0. The molecule has 10 heteroatoms. The Morgan fingerprint density at radius 1 is 1.17 bits per heavy atom. The number of benzene rings is 1. The summed E-state index contributed by atoms with van der Waals surface area (Å²) in [5.41, 5.74) is -0.144. The minimum absolute atomic E-state index is 0.0288. The topological polar surface area (TPSA) is 74.3 Å². The van der Waals surface area contributed by atoms with Crippen molar-refractivity contribution in [2.75, 3.05) is 24.5 Å². The van der Waals surface area contributed by atoms with Crippen molar-refractivity contribution in [3.8, 4) is 0 Å². The maximum Gasteiger partial charge on any atom is 0.434 e. The Bertz CT molecular complexity index is 1160. The number of rotatable bonds is 4. The van der Waals surface area contributed by atoms with E-state index in [0.717, 1.165) is 62.3 Å². The van der Waals surface area contributed by atoms with Gasteiger partial charge in [0.1, 0.15) is 0 Å². The molecule has 3 aliphatic rings. The molecule has 1 spiro atoms. The number of fused-ring (bicyclic) bond motifs is 2. The first-order chi connectivity index (χ1) is 17.2. The number of amides is 2. The molecule has 36 heavy (non-hydrogen) atoms. The third-order valence-corrected chi connectivity index (χ3v) is 8.02. The predicted octanol–water partition coefficient (Wildman–Crippen LogP) is 4.71. The van der Waals surface area contributed by atoms with Crippen molar-refractivity contribution in [1.82, 2.24) is 15.6 Å². The van der Waals surface area contributed by atoms with E-state index in [1.165, 1.54) is 0 Å². The highest BCUT2D eigenvalue weighted by Crippen LogP contribution is 2.47. The van der Waals surface area contributed by atoms with E-state index >= 15 is 0 Å². The Balaban J connectivity index is 1.23. The number of halogens is 4. The molecule has 0 atom stereocenters. The number of carbonyl (C=O) groups is 2. The molecule has 2 aromatic rings. The van der Waals surface area contributed by atoms with Gasteiger partial charge in [0.2, 0.25) is 5.91 Å². The van der Waals surface area contributed by atoms with Crippen LogP contribution in [0.15, 0.2) is 36.5 Å². The molecule has 0 unspecified atom stereocenters. The van der Waals surface area contributed by atoms with Crippen molar-refractivity contribution in [1.29, 1.82) is 0 Å². The van der Waals surface area contributed by atoms with Crippen LogP contribution in [0.4, 0.5) is 18.9 Å². The molecule has 192 valence electrons. The minimum atomic E-state index is -4.75. The normalized spacial score (nSPS) is 23.6. The number of piperidine rings is 1. The predicted molar refractivity (Wildman–Crippen MR) is 130 cm³/mol. The summed E-state index contributed by atoms with van der Waals surface area (Å²) in [6.07, 6.45) is 0.510. The lowest BCUT2D eigenvalue weighted by Crippen LogP contribution is -2.48. The lowest BCUT2D eigenvalue weighted by atomic mass is 9.74. The van der Waals surface area contributed by atoms with Gasteiger partial charge in [-0.2, -0.15) is 13.2 Å². The van der Waals surface area contributed by atoms with E-state index in [1.807, 2.05) is 23.1 Å². The molecular formula is C26H28ClF3N4O2. The van der Waals surface area contributed by atoms with Gasteiger partial charge in [-0.05, 0) is 75.2 Å². The van der Waals surface area contributed by atoms with Gasteiger partial charge in [0.05, 0.1) is 16.0 Å². The Morgan fingerprint density at radius 2 is 1.86 bits per heavy atom. The van der Waals surface area contributed by atoms with E-state index in [0.29, 0.717) is 19.4 Å². The van der Waals surface area contributed by atoms with Crippen LogP contribution in [-0.2, 0) is 16.4 Å². The summed E-state index contributed by atoms with van der Waals surface area (Å²) in [6, 6.07) is 8.81. The summed E-state index contributed by atoms with van der Waals surface area (Å²) in [7, 11) is 0. The van der Waals surface area contributed by atoms with Crippen LogP contribution in [0.3, 0.4) is 0 Å². The molecule has 1 aromatic carbocycles. The first-order valence-corrected chi connectivity index (χ1v) is 12.7. The maximum atomic E-state index is 13.7. The molecule has 0 radical (unpaired) electrons. The number of pyridine rings is 1. The lowest BCUT2D eigenvalue weighted by Gasteiger charge is -2.35. The summed E-state index contributed by atoms with van der Waals surface area (Å²) >= 11 is 5.81. The smallest absolute Gasteiger partial charge is 0.349 e. The molecule has 0 bridgehead atoms. The molecule has 2 N–H and O–H groups in total. The van der Waals surface area contributed by atoms with Crippen molar-refractivity contribution >= 4 is 29.1 Å². The van der Waals surface area contributed by atoms with Crippen LogP contribution >= 0.6 is 11.6 Å². The lowest BCUT2D eigenvalue weighted by molar-refractivity contribution is -0.141. The Kier molecular flexibility index (Phi) is 6.72. The van der Waals surface area contributed by atoms with Crippen molar-refractivity contribution in [2.45, 2.75) is 56.2 Å². The standard InChI is InChI=1S/C26H28ClF3N4O2/c27-17-13-19(22(32-14-17)26(28,29)30)23(35)33-18-7-5-16(6-8-18)15-34-21-4-2-1-3-20(21)25(24(34)36)9-11-31-12-10-25/h1-4,13-14,16,18,31H,5-12,15H2,(H,33,35)/t16-,18-. The molecule has 6 nitrogen and oxygen atoms in total. The Morgan fingerprint density at radius 3 is 2.56 bits per heavy atom. The number of aromatic nitrogens is 1. The first-order valence-electron chi connectivity index (χ1n) is 12.3. The van der Waals surface area contributed by atoms with E-state index in [4.69, 9.17) is 11.6 Å². The average molecular weight is 521 g/mol. The van der Waals surface area contributed by atoms with Crippen LogP contribution < -0.4 is 15.5 Å². The summed E-state index contributed by atoms with van der Waals surface area (Å²) in [5, 5.41) is 6.06. The Hall–Kier alpha value is -2.65. The van der Waals surface area contributed by atoms with Gasteiger partial charge in [-0.25, -0.2) is 4.98 Å². The van der Waals surface area contributed by atoms with Crippen LogP contribution in [0.1, 0.15) is 60.1 Å². The van der Waals surface area contributed by atoms with Gasteiger partial charge >= 0.3 is 6.18 Å². The van der Waals surface area contributed by atoms with Crippen LogP contribution in [0.25, 0.3) is 0 Å². The fourth-order valence-corrected chi connectivity index (χ4v) is 6.12. The molecule has 1 aliphatic carbocycles. The van der Waals surface area contributed by atoms with E-state index in [1.54, 1.807) is 0 Å². The quantitative estimate of drug-likeness (QED) is 0.612. The Labute approximate surface area is 212 Å².